The number of nitrogens with zero attached hydrogens (tertiary/aromatic N) is 2. The molecule has 0 unspecified atom stereocenters. The van der Waals surface area contributed by atoms with E-state index in [0.29, 0.717) is 5.13 Å². The Hall–Kier alpha value is -1.27. The first-order chi connectivity index (χ1) is 8.20. The molecule has 0 aliphatic rings. The summed E-state index contributed by atoms with van der Waals surface area (Å²) in [5, 5.41) is 14.2. The molecule has 6 heteroatoms. The van der Waals surface area contributed by atoms with Gasteiger partial charge in [-0.15, -0.1) is 21.5 Å². The molecular weight excluding hydrogens is 254 g/mol. The summed E-state index contributed by atoms with van der Waals surface area (Å²) in [5.74, 6) is 0.00506. The van der Waals surface area contributed by atoms with Crippen LogP contribution in [0, 0.1) is 5.92 Å². The maximum Gasteiger partial charge on any atom is 0.229 e. The first-order valence-corrected chi connectivity index (χ1v) is 7.08. The molecule has 0 radical (unpaired) electrons. The Morgan fingerprint density at radius 2 is 2.35 bits per heavy atom. The predicted molar refractivity (Wildman–Crippen MR) is 71.3 cm³/mol. The quantitative estimate of drug-likeness (QED) is 0.925. The second kappa shape index (κ2) is 5.37. The molecule has 2 aromatic rings. The van der Waals surface area contributed by atoms with Crippen molar-refractivity contribution in [3.63, 3.8) is 0 Å². The molecule has 0 aliphatic carbocycles. The fourth-order valence-corrected chi connectivity index (χ4v) is 2.73. The number of carbonyl (C=O) groups excluding carboxylic acids is 1. The molecule has 1 atom stereocenters. The van der Waals surface area contributed by atoms with Crippen LogP contribution < -0.4 is 5.32 Å². The van der Waals surface area contributed by atoms with Crippen LogP contribution in [0.15, 0.2) is 17.5 Å². The number of hydrogen-bond donors (Lipinski definition) is 1. The van der Waals surface area contributed by atoms with E-state index in [-0.39, 0.29) is 11.8 Å². The van der Waals surface area contributed by atoms with Crippen molar-refractivity contribution < 1.29 is 4.79 Å². The highest BCUT2D eigenvalue weighted by Crippen LogP contribution is 2.29. The molecule has 0 aromatic carbocycles. The molecule has 0 fully saturated rings. The molecule has 2 aromatic heterocycles. The van der Waals surface area contributed by atoms with Crippen molar-refractivity contribution in [1.82, 2.24) is 10.2 Å². The van der Waals surface area contributed by atoms with E-state index in [0.717, 1.165) is 16.3 Å². The lowest BCUT2D eigenvalue weighted by Gasteiger charge is -2.05. The van der Waals surface area contributed by atoms with Crippen LogP contribution >= 0.6 is 22.7 Å². The monoisotopic (exact) mass is 267 g/mol. The molecule has 0 saturated heterocycles. The summed E-state index contributed by atoms with van der Waals surface area (Å²) in [6, 6.07) is 3.96. The summed E-state index contributed by atoms with van der Waals surface area (Å²) in [6.07, 6.45) is 0.822. The van der Waals surface area contributed by atoms with Crippen molar-refractivity contribution >= 4 is 33.7 Å². The molecule has 0 aliphatic heterocycles. The van der Waals surface area contributed by atoms with Crippen LogP contribution in [0.5, 0.6) is 0 Å². The minimum absolute atomic E-state index is 0.00128. The number of hydrogen-bond acceptors (Lipinski definition) is 5. The molecule has 0 saturated carbocycles. The normalized spacial score (nSPS) is 12.4. The number of carbonyl (C=O) groups is 1. The smallest absolute Gasteiger partial charge is 0.229 e. The predicted octanol–water partition coefficient (Wildman–Crippen LogP) is 3.25. The largest absolute Gasteiger partial charge is 0.300 e. The minimum atomic E-state index is 0.00128. The highest BCUT2D eigenvalue weighted by atomic mass is 32.1. The Morgan fingerprint density at radius 3 is 3.00 bits per heavy atom. The van der Waals surface area contributed by atoms with Crippen LogP contribution in [-0.4, -0.2) is 16.1 Å². The Labute approximate surface area is 108 Å². The molecule has 2 rings (SSSR count). The van der Waals surface area contributed by atoms with Crippen LogP contribution in [0.4, 0.5) is 5.13 Å². The van der Waals surface area contributed by atoms with E-state index in [4.69, 9.17) is 0 Å². The fourth-order valence-electron chi connectivity index (χ4n) is 1.19. The zero-order chi connectivity index (χ0) is 12.3. The van der Waals surface area contributed by atoms with E-state index in [1.165, 1.54) is 11.3 Å². The topological polar surface area (TPSA) is 54.9 Å². The van der Waals surface area contributed by atoms with E-state index >= 15 is 0 Å². The summed E-state index contributed by atoms with van der Waals surface area (Å²) in [4.78, 5) is 12.7. The van der Waals surface area contributed by atoms with Crippen molar-refractivity contribution in [2.45, 2.75) is 20.3 Å². The van der Waals surface area contributed by atoms with Gasteiger partial charge in [-0.1, -0.05) is 31.3 Å². The van der Waals surface area contributed by atoms with Crippen molar-refractivity contribution in [3.05, 3.63) is 17.5 Å². The number of aromatic nitrogens is 2. The molecule has 2 heterocycles. The zero-order valence-corrected chi connectivity index (χ0v) is 11.3. The third-order valence-electron chi connectivity index (χ3n) is 2.45. The lowest BCUT2D eigenvalue weighted by atomic mass is 10.1. The van der Waals surface area contributed by atoms with Gasteiger partial charge in [0.2, 0.25) is 11.0 Å². The van der Waals surface area contributed by atoms with Crippen molar-refractivity contribution in [1.29, 1.82) is 0 Å². The Kier molecular flexibility index (Phi) is 3.86. The third-order valence-corrected chi connectivity index (χ3v) is 4.32. The van der Waals surface area contributed by atoms with Gasteiger partial charge in [0.25, 0.3) is 0 Å². The standard InChI is InChI=1S/C11H13N3OS2/c1-3-7(2)9(15)12-11-14-13-10(17-11)8-5-4-6-16-8/h4-7H,3H2,1-2H3,(H,12,14,15)/t7-/m1/s1. The van der Waals surface area contributed by atoms with Gasteiger partial charge in [-0.05, 0) is 17.9 Å². The first kappa shape index (κ1) is 12.2. The van der Waals surface area contributed by atoms with Gasteiger partial charge in [0.05, 0.1) is 4.88 Å². The minimum Gasteiger partial charge on any atom is -0.300 e. The van der Waals surface area contributed by atoms with Gasteiger partial charge in [0.15, 0.2) is 5.01 Å². The number of nitrogens with one attached hydrogen (secondary N) is 1. The van der Waals surface area contributed by atoms with E-state index in [1.807, 2.05) is 31.4 Å². The van der Waals surface area contributed by atoms with Crippen molar-refractivity contribution in [2.24, 2.45) is 5.92 Å². The second-order valence-corrected chi connectivity index (χ2v) is 5.61. The first-order valence-electron chi connectivity index (χ1n) is 5.39. The van der Waals surface area contributed by atoms with Crippen molar-refractivity contribution in [3.8, 4) is 9.88 Å². The molecule has 0 bridgehead atoms. The molecule has 1 amide bonds. The number of rotatable bonds is 4. The fraction of sp³-hybridized carbons (Fsp3) is 0.364. The van der Waals surface area contributed by atoms with E-state index in [9.17, 15) is 4.79 Å². The number of anilines is 1. The van der Waals surface area contributed by atoms with Gasteiger partial charge in [0, 0.05) is 5.92 Å². The van der Waals surface area contributed by atoms with Gasteiger partial charge in [-0.2, -0.15) is 0 Å². The van der Waals surface area contributed by atoms with Crippen LogP contribution in [0.25, 0.3) is 9.88 Å². The second-order valence-electron chi connectivity index (χ2n) is 3.69. The molecule has 90 valence electrons. The Bertz CT molecular complexity index is 493. The molecule has 0 spiro atoms. The summed E-state index contributed by atoms with van der Waals surface area (Å²) < 4.78 is 0. The Balaban J connectivity index is 2.07. The van der Waals surface area contributed by atoms with Gasteiger partial charge in [0.1, 0.15) is 0 Å². The SMILES string of the molecule is CC[C@@H](C)C(=O)Nc1nnc(-c2cccs2)s1. The molecule has 17 heavy (non-hydrogen) atoms. The molecule has 1 N–H and O–H groups in total. The maximum atomic E-state index is 11.7. The van der Waals surface area contributed by atoms with Crippen LogP contribution in [0.1, 0.15) is 20.3 Å². The number of thiophene rings is 1. The van der Waals surface area contributed by atoms with Gasteiger partial charge >= 0.3 is 0 Å². The van der Waals surface area contributed by atoms with E-state index in [1.54, 1.807) is 11.3 Å². The highest BCUT2D eigenvalue weighted by molar-refractivity contribution is 7.23. The van der Waals surface area contributed by atoms with Gasteiger partial charge < -0.3 is 5.32 Å². The lowest BCUT2D eigenvalue weighted by Crippen LogP contribution is -2.19. The average molecular weight is 267 g/mol. The summed E-state index contributed by atoms with van der Waals surface area (Å²) in [6.45, 7) is 3.89. The van der Waals surface area contributed by atoms with E-state index < -0.39 is 0 Å². The summed E-state index contributed by atoms with van der Waals surface area (Å²) >= 11 is 3.02. The molecular formula is C11H13N3OS2. The molecule has 4 nitrogen and oxygen atoms in total. The third kappa shape index (κ3) is 2.89. The zero-order valence-electron chi connectivity index (χ0n) is 9.64. The van der Waals surface area contributed by atoms with Gasteiger partial charge in [-0.25, -0.2) is 0 Å². The van der Waals surface area contributed by atoms with Crippen LogP contribution in [0.3, 0.4) is 0 Å². The summed E-state index contributed by atoms with van der Waals surface area (Å²) in [5.41, 5.74) is 0. The summed E-state index contributed by atoms with van der Waals surface area (Å²) in [7, 11) is 0. The Morgan fingerprint density at radius 1 is 1.53 bits per heavy atom. The average Bonchev–Trinajstić information content (AvgIpc) is 2.97. The maximum absolute atomic E-state index is 11.7. The highest BCUT2D eigenvalue weighted by Gasteiger charge is 2.14. The van der Waals surface area contributed by atoms with Crippen molar-refractivity contribution in [2.75, 3.05) is 5.32 Å². The van der Waals surface area contributed by atoms with E-state index in [2.05, 4.69) is 15.5 Å². The van der Waals surface area contributed by atoms with Gasteiger partial charge in [-0.3, -0.25) is 4.79 Å². The van der Waals surface area contributed by atoms with Crippen LogP contribution in [0.2, 0.25) is 0 Å². The number of amides is 1. The van der Waals surface area contributed by atoms with Crippen LogP contribution in [-0.2, 0) is 4.79 Å². The lowest BCUT2D eigenvalue weighted by molar-refractivity contribution is -0.119.